The topological polar surface area (TPSA) is 58.5 Å². The Morgan fingerprint density at radius 3 is 2.76 bits per heavy atom. The van der Waals surface area contributed by atoms with E-state index in [1.807, 2.05) is 6.92 Å². The van der Waals surface area contributed by atoms with Gasteiger partial charge in [0.2, 0.25) is 0 Å². The molecular weight excluding hydrogens is 313 g/mol. The second-order valence-electron chi connectivity index (χ2n) is 5.12. The Kier molecular flexibility index (Phi) is 4.17. The average molecular weight is 328 g/mol. The number of hydrogen-bond donors (Lipinski definition) is 1. The van der Waals surface area contributed by atoms with E-state index in [4.69, 9.17) is 27.9 Å². The van der Waals surface area contributed by atoms with Crippen molar-refractivity contribution in [1.29, 1.82) is 0 Å². The number of aliphatic hydroxyl groups excluding tert-OH is 1. The molecule has 21 heavy (non-hydrogen) atoms. The number of nitrogens with zero attached hydrogens (tertiary/aromatic N) is 3. The van der Waals surface area contributed by atoms with Gasteiger partial charge in [0.25, 0.3) is 0 Å². The van der Waals surface area contributed by atoms with E-state index in [2.05, 4.69) is 14.9 Å². The standard InChI is InChI=1S/C14H15Cl2N3O2/c1-8-7-21-9(6-20)5-19(8)14-4-17-12-2-10(15)11(16)3-13(12)18-14/h2-4,8-9,20H,5-7H2,1H3/t8-,9+/m1/s1. The molecule has 2 atom stereocenters. The lowest BCUT2D eigenvalue weighted by Crippen LogP contribution is -2.50. The Morgan fingerprint density at radius 2 is 2.05 bits per heavy atom. The van der Waals surface area contributed by atoms with Crippen LogP contribution < -0.4 is 4.90 Å². The summed E-state index contributed by atoms with van der Waals surface area (Å²) in [5.74, 6) is 0.745. The molecule has 0 bridgehead atoms. The van der Waals surface area contributed by atoms with Crippen molar-refractivity contribution in [3.8, 4) is 0 Å². The summed E-state index contributed by atoms with van der Waals surface area (Å²) in [5.41, 5.74) is 1.40. The molecule has 2 heterocycles. The Balaban J connectivity index is 1.98. The molecule has 1 fully saturated rings. The van der Waals surface area contributed by atoms with E-state index in [0.29, 0.717) is 34.2 Å². The van der Waals surface area contributed by atoms with Crippen LogP contribution in [-0.4, -0.2) is 47.0 Å². The van der Waals surface area contributed by atoms with Gasteiger partial charge in [0.1, 0.15) is 5.82 Å². The first-order valence-corrected chi connectivity index (χ1v) is 7.45. The van der Waals surface area contributed by atoms with Gasteiger partial charge in [-0.2, -0.15) is 0 Å². The summed E-state index contributed by atoms with van der Waals surface area (Å²) in [4.78, 5) is 11.1. The fourth-order valence-corrected chi connectivity index (χ4v) is 2.70. The van der Waals surface area contributed by atoms with Crippen LogP contribution in [0, 0.1) is 0 Å². The summed E-state index contributed by atoms with van der Waals surface area (Å²) >= 11 is 12.0. The monoisotopic (exact) mass is 327 g/mol. The third kappa shape index (κ3) is 2.92. The minimum absolute atomic E-state index is 0.00827. The summed E-state index contributed by atoms with van der Waals surface area (Å²) in [6.45, 7) is 3.17. The summed E-state index contributed by atoms with van der Waals surface area (Å²) in [6.07, 6.45) is 1.51. The number of hydrogen-bond acceptors (Lipinski definition) is 5. The molecule has 5 nitrogen and oxygen atoms in total. The molecule has 1 saturated heterocycles. The highest BCUT2D eigenvalue weighted by atomic mass is 35.5. The van der Waals surface area contributed by atoms with Crippen LogP contribution in [0.1, 0.15) is 6.92 Å². The average Bonchev–Trinajstić information content (AvgIpc) is 2.48. The Morgan fingerprint density at radius 1 is 1.33 bits per heavy atom. The molecule has 2 aromatic rings. The molecule has 1 aromatic carbocycles. The molecule has 1 N–H and O–H groups in total. The van der Waals surface area contributed by atoms with Crippen molar-refractivity contribution >= 4 is 40.1 Å². The summed E-state index contributed by atoms with van der Waals surface area (Å²) < 4.78 is 5.54. The summed E-state index contributed by atoms with van der Waals surface area (Å²) in [5, 5.41) is 10.2. The Labute approximate surface area is 132 Å². The third-order valence-electron chi connectivity index (χ3n) is 3.58. The van der Waals surface area contributed by atoms with Crippen molar-refractivity contribution in [2.24, 2.45) is 0 Å². The van der Waals surface area contributed by atoms with Gasteiger partial charge in [-0.25, -0.2) is 4.98 Å². The Hall–Kier alpha value is -1.14. The molecule has 3 rings (SSSR count). The highest BCUT2D eigenvalue weighted by Gasteiger charge is 2.27. The van der Waals surface area contributed by atoms with Gasteiger partial charge >= 0.3 is 0 Å². The molecule has 0 aliphatic carbocycles. The first-order chi connectivity index (χ1) is 10.1. The predicted octanol–water partition coefficient (Wildman–Crippen LogP) is 2.52. The van der Waals surface area contributed by atoms with Crippen molar-refractivity contribution < 1.29 is 9.84 Å². The normalized spacial score (nSPS) is 22.8. The van der Waals surface area contributed by atoms with Crippen LogP contribution in [0.2, 0.25) is 10.0 Å². The highest BCUT2D eigenvalue weighted by molar-refractivity contribution is 6.42. The van der Waals surface area contributed by atoms with Crippen LogP contribution in [0.15, 0.2) is 18.3 Å². The molecule has 0 radical (unpaired) electrons. The van der Waals surface area contributed by atoms with Crippen LogP contribution in [0.25, 0.3) is 11.0 Å². The zero-order valence-electron chi connectivity index (χ0n) is 11.5. The number of anilines is 1. The highest BCUT2D eigenvalue weighted by Crippen LogP contribution is 2.28. The van der Waals surface area contributed by atoms with Gasteiger partial charge in [0.05, 0.1) is 52.6 Å². The van der Waals surface area contributed by atoms with Crippen LogP contribution in [0.4, 0.5) is 5.82 Å². The van der Waals surface area contributed by atoms with Crippen LogP contribution in [0.5, 0.6) is 0 Å². The first kappa shape index (κ1) is 14.8. The van der Waals surface area contributed by atoms with Crippen LogP contribution >= 0.6 is 23.2 Å². The number of benzene rings is 1. The zero-order valence-corrected chi connectivity index (χ0v) is 13.0. The van der Waals surface area contributed by atoms with Gasteiger partial charge in [-0.3, -0.25) is 4.98 Å². The minimum Gasteiger partial charge on any atom is -0.394 e. The number of fused-ring (bicyclic) bond motifs is 1. The maximum Gasteiger partial charge on any atom is 0.148 e. The molecule has 0 saturated carbocycles. The summed E-state index contributed by atoms with van der Waals surface area (Å²) in [6, 6.07) is 3.59. The van der Waals surface area contributed by atoms with Gasteiger partial charge < -0.3 is 14.7 Å². The second-order valence-corrected chi connectivity index (χ2v) is 5.94. The lowest BCUT2D eigenvalue weighted by molar-refractivity contribution is -0.0105. The molecular formula is C14H15Cl2N3O2. The summed E-state index contributed by atoms with van der Waals surface area (Å²) in [7, 11) is 0. The number of aromatic nitrogens is 2. The van der Waals surface area contributed by atoms with Gasteiger partial charge in [0, 0.05) is 6.54 Å². The van der Waals surface area contributed by atoms with E-state index in [-0.39, 0.29) is 18.8 Å². The van der Waals surface area contributed by atoms with E-state index in [1.165, 1.54) is 0 Å². The molecule has 112 valence electrons. The Bertz CT molecular complexity index is 668. The van der Waals surface area contributed by atoms with Gasteiger partial charge in [-0.05, 0) is 19.1 Å². The molecule has 1 aliphatic heterocycles. The molecule has 0 unspecified atom stereocenters. The van der Waals surface area contributed by atoms with E-state index in [1.54, 1.807) is 18.3 Å². The van der Waals surface area contributed by atoms with Crippen molar-refractivity contribution in [3.63, 3.8) is 0 Å². The molecule has 7 heteroatoms. The van der Waals surface area contributed by atoms with Crippen LogP contribution in [0.3, 0.4) is 0 Å². The van der Waals surface area contributed by atoms with Crippen molar-refractivity contribution in [1.82, 2.24) is 9.97 Å². The quantitative estimate of drug-likeness (QED) is 0.918. The second kappa shape index (κ2) is 5.93. The number of ether oxygens (including phenoxy) is 1. The van der Waals surface area contributed by atoms with Crippen molar-refractivity contribution in [2.75, 3.05) is 24.7 Å². The van der Waals surface area contributed by atoms with Gasteiger partial charge in [-0.15, -0.1) is 0 Å². The fourth-order valence-electron chi connectivity index (χ4n) is 2.38. The zero-order chi connectivity index (χ0) is 15.0. The lowest BCUT2D eigenvalue weighted by atomic mass is 10.2. The molecule has 1 aromatic heterocycles. The molecule has 0 amide bonds. The van der Waals surface area contributed by atoms with E-state index >= 15 is 0 Å². The first-order valence-electron chi connectivity index (χ1n) is 6.69. The van der Waals surface area contributed by atoms with E-state index < -0.39 is 0 Å². The van der Waals surface area contributed by atoms with E-state index in [9.17, 15) is 5.11 Å². The van der Waals surface area contributed by atoms with Crippen molar-refractivity contribution in [3.05, 3.63) is 28.4 Å². The van der Waals surface area contributed by atoms with Crippen LogP contribution in [-0.2, 0) is 4.74 Å². The number of morpholine rings is 1. The maximum absolute atomic E-state index is 9.26. The van der Waals surface area contributed by atoms with Gasteiger partial charge in [0.15, 0.2) is 0 Å². The van der Waals surface area contributed by atoms with Crippen molar-refractivity contribution in [2.45, 2.75) is 19.1 Å². The number of rotatable bonds is 2. The number of halogens is 2. The third-order valence-corrected chi connectivity index (χ3v) is 4.30. The van der Waals surface area contributed by atoms with Gasteiger partial charge in [-0.1, -0.05) is 23.2 Å². The smallest absolute Gasteiger partial charge is 0.148 e. The molecule has 1 aliphatic rings. The molecule has 0 spiro atoms. The largest absolute Gasteiger partial charge is 0.394 e. The number of aliphatic hydroxyl groups is 1. The fraction of sp³-hybridized carbons (Fsp3) is 0.429. The predicted molar refractivity (Wildman–Crippen MR) is 83.2 cm³/mol. The lowest BCUT2D eigenvalue weighted by Gasteiger charge is -2.38. The maximum atomic E-state index is 9.26. The van der Waals surface area contributed by atoms with E-state index in [0.717, 1.165) is 5.82 Å². The minimum atomic E-state index is -0.201. The SMILES string of the molecule is C[C@@H]1CO[C@H](CO)CN1c1cnc2cc(Cl)c(Cl)cc2n1.